The van der Waals surface area contributed by atoms with E-state index in [1.807, 2.05) is 0 Å². The van der Waals surface area contributed by atoms with E-state index in [0.29, 0.717) is 17.3 Å². The summed E-state index contributed by atoms with van der Waals surface area (Å²) in [5, 5.41) is 4.11. The number of benzene rings is 1. The van der Waals surface area contributed by atoms with Crippen LogP contribution >= 0.6 is 0 Å². The molecule has 2 N–H and O–H groups in total. The molecule has 0 radical (unpaired) electrons. The first-order valence-corrected chi connectivity index (χ1v) is 4.51. The van der Waals surface area contributed by atoms with E-state index < -0.39 is 0 Å². The molecule has 1 aromatic carbocycles. The van der Waals surface area contributed by atoms with Crippen LogP contribution in [0.25, 0.3) is 11.4 Å². The molecule has 0 saturated carbocycles. The number of nitrogens with zero attached hydrogens (tertiary/aromatic N) is 3. The van der Waals surface area contributed by atoms with Gasteiger partial charge in [0.05, 0.1) is 0 Å². The molecule has 0 aliphatic heterocycles. The molecule has 5 heteroatoms. The van der Waals surface area contributed by atoms with Crippen molar-refractivity contribution in [3.05, 3.63) is 29.6 Å². The van der Waals surface area contributed by atoms with Crippen LogP contribution in [0.4, 0.5) is 10.3 Å². The highest BCUT2D eigenvalue weighted by Gasteiger charge is 2.07. The Labute approximate surface area is 86.6 Å². The first-order chi connectivity index (χ1) is 7.08. The Kier molecular flexibility index (Phi) is 2.15. The van der Waals surface area contributed by atoms with Gasteiger partial charge >= 0.3 is 0 Å². The Balaban J connectivity index is 2.49. The van der Waals surface area contributed by atoms with Gasteiger partial charge in [-0.2, -0.15) is 4.98 Å². The molecule has 15 heavy (non-hydrogen) atoms. The van der Waals surface area contributed by atoms with Crippen LogP contribution in [0, 0.1) is 12.7 Å². The maximum absolute atomic E-state index is 13.0. The van der Waals surface area contributed by atoms with Crippen LogP contribution in [0.1, 0.15) is 5.56 Å². The lowest BCUT2D eigenvalue weighted by atomic mass is 10.1. The standard InChI is InChI=1S/C10H11FN4/c1-6-5-7(3-4-8(6)11)9-13-10(12)15(2)14-9/h3-5H,1-2H3,(H2,12,13,14). The minimum atomic E-state index is -0.234. The average Bonchev–Trinajstić information content (AvgIpc) is 2.52. The van der Waals surface area contributed by atoms with Crippen LogP contribution in [0.5, 0.6) is 0 Å². The van der Waals surface area contributed by atoms with Crippen molar-refractivity contribution < 1.29 is 4.39 Å². The maximum atomic E-state index is 13.0. The molecule has 1 heterocycles. The van der Waals surface area contributed by atoms with E-state index in [1.165, 1.54) is 10.7 Å². The first kappa shape index (κ1) is 9.64. The molecule has 4 nitrogen and oxygen atoms in total. The van der Waals surface area contributed by atoms with Gasteiger partial charge in [-0.25, -0.2) is 9.07 Å². The Hall–Kier alpha value is -1.91. The Morgan fingerprint density at radius 3 is 2.67 bits per heavy atom. The van der Waals surface area contributed by atoms with Gasteiger partial charge in [-0.15, -0.1) is 5.10 Å². The van der Waals surface area contributed by atoms with E-state index in [-0.39, 0.29) is 5.82 Å². The summed E-state index contributed by atoms with van der Waals surface area (Å²) in [5.74, 6) is 0.618. The molecule has 0 amide bonds. The molecular weight excluding hydrogens is 195 g/mol. The Morgan fingerprint density at radius 1 is 1.40 bits per heavy atom. The highest BCUT2D eigenvalue weighted by atomic mass is 19.1. The van der Waals surface area contributed by atoms with Gasteiger partial charge in [0.1, 0.15) is 5.82 Å². The smallest absolute Gasteiger partial charge is 0.218 e. The van der Waals surface area contributed by atoms with E-state index in [4.69, 9.17) is 5.73 Å². The summed E-state index contributed by atoms with van der Waals surface area (Å²) in [5.41, 5.74) is 6.89. The number of hydrogen-bond acceptors (Lipinski definition) is 3. The third-order valence-electron chi connectivity index (χ3n) is 2.21. The number of aryl methyl sites for hydroxylation is 2. The van der Waals surface area contributed by atoms with Gasteiger partial charge in [-0.3, -0.25) is 0 Å². The summed E-state index contributed by atoms with van der Waals surface area (Å²) in [6.07, 6.45) is 0. The molecule has 2 rings (SSSR count). The van der Waals surface area contributed by atoms with Crippen LogP contribution in [0.15, 0.2) is 18.2 Å². The second-order valence-electron chi connectivity index (χ2n) is 3.38. The molecule has 1 aromatic heterocycles. The molecule has 78 valence electrons. The van der Waals surface area contributed by atoms with Crippen LogP contribution < -0.4 is 5.73 Å². The van der Waals surface area contributed by atoms with E-state index in [2.05, 4.69) is 10.1 Å². The second kappa shape index (κ2) is 3.34. The minimum Gasteiger partial charge on any atom is -0.368 e. The van der Waals surface area contributed by atoms with E-state index in [9.17, 15) is 4.39 Å². The molecule has 0 fully saturated rings. The molecular formula is C10H11FN4. The summed E-state index contributed by atoms with van der Waals surface area (Å²) in [6.45, 7) is 1.70. The predicted molar refractivity (Wildman–Crippen MR) is 55.5 cm³/mol. The quantitative estimate of drug-likeness (QED) is 0.769. The Morgan fingerprint density at radius 2 is 2.13 bits per heavy atom. The van der Waals surface area contributed by atoms with Crippen molar-refractivity contribution in [1.82, 2.24) is 14.8 Å². The topological polar surface area (TPSA) is 56.7 Å². The third-order valence-corrected chi connectivity index (χ3v) is 2.21. The lowest BCUT2D eigenvalue weighted by Crippen LogP contribution is -1.97. The zero-order valence-corrected chi connectivity index (χ0v) is 8.53. The second-order valence-corrected chi connectivity index (χ2v) is 3.38. The summed E-state index contributed by atoms with van der Waals surface area (Å²) in [4.78, 5) is 4.06. The summed E-state index contributed by atoms with van der Waals surface area (Å²) in [6, 6.07) is 4.73. The molecule has 0 unspecified atom stereocenters. The van der Waals surface area contributed by atoms with Crippen molar-refractivity contribution in [3.63, 3.8) is 0 Å². The number of rotatable bonds is 1. The van der Waals surface area contributed by atoms with E-state index >= 15 is 0 Å². The Bertz CT molecular complexity index is 485. The number of halogens is 1. The number of aromatic nitrogens is 3. The maximum Gasteiger partial charge on any atom is 0.218 e. The van der Waals surface area contributed by atoms with Crippen LogP contribution in [0.3, 0.4) is 0 Å². The van der Waals surface area contributed by atoms with E-state index in [0.717, 1.165) is 5.56 Å². The van der Waals surface area contributed by atoms with Crippen molar-refractivity contribution in [3.8, 4) is 11.4 Å². The average molecular weight is 206 g/mol. The van der Waals surface area contributed by atoms with Gasteiger partial charge in [0.2, 0.25) is 5.95 Å². The fourth-order valence-corrected chi connectivity index (χ4v) is 1.30. The highest BCUT2D eigenvalue weighted by molar-refractivity contribution is 5.57. The first-order valence-electron chi connectivity index (χ1n) is 4.51. The monoisotopic (exact) mass is 206 g/mol. The lowest BCUT2D eigenvalue weighted by Gasteiger charge is -1.98. The van der Waals surface area contributed by atoms with Crippen molar-refractivity contribution in [2.24, 2.45) is 7.05 Å². The SMILES string of the molecule is Cc1cc(-c2nc(N)n(C)n2)ccc1F. The summed E-state index contributed by atoms with van der Waals surface area (Å²) >= 11 is 0. The number of hydrogen-bond donors (Lipinski definition) is 1. The number of nitrogen functional groups attached to an aromatic ring is 1. The zero-order chi connectivity index (χ0) is 11.0. The van der Waals surface area contributed by atoms with Crippen molar-refractivity contribution in [2.75, 3.05) is 5.73 Å². The highest BCUT2D eigenvalue weighted by Crippen LogP contribution is 2.19. The lowest BCUT2D eigenvalue weighted by molar-refractivity contribution is 0.618. The van der Waals surface area contributed by atoms with Crippen molar-refractivity contribution in [2.45, 2.75) is 6.92 Å². The predicted octanol–water partition coefficient (Wildman–Crippen LogP) is 1.51. The third kappa shape index (κ3) is 1.68. The largest absolute Gasteiger partial charge is 0.368 e. The van der Waals surface area contributed by atoms with Gasteiger partial charge in [-0.1, -0.05) is 0 Å². The van der Waals surface area contributed by atoms with Crippen molar-refractivity contribution in [1.29, 1.82) is 0 Å². The van der Waals surface area contributed by atoms with Crippen LogP contribution in [-0.2, 0) is 7.05 Å². The van der Waals surface area contributed by atoms with Gasteiger partial charge in [0.25, 0.3) is 0 Å². The normalized spacial score (nSPS) is 10.6. The number of nitrogens with two attached hydrogens (primary N) is 1. The zero-order valence-electron chi connectivity index (χ0n) is 8.53. The molecule has 0 bridgehead atoms. The molecule has 0 atom stereocenters. The summed E-state index contributed by atoms with van der Waals surface area (Å²) in [7, 11) is 1.71. The minimum absolute atomic E-state index is 0.234. The van der Waals surface area contributed by atoms with Crippen molar-refractivity contribution >= 4 is 5.95 Å². The fraction of sp³-hybridized carbons (Fsp3) is 0.200. The van der Waals surface area contributed by atoms with Gasteiger partial charge in [0, 0.05) is 12.6 Å². The number of anilines is 1. The van der Waals surface area contributed by atoms with Gasteiger partial charge < -0.3 is 5.73 Å². The van der Waals surface area contributed by atoms with Crippen LogP contribution in [-0.4, -0.2) is 14.8 Å². The van der Waals surface area contributed by atoms with E-state index in [1.54, 1.807) is 26.1 Å². The van der Waals surface area contributed by atoms with Gasteiger partial charge in [0.15, 0.2) is 5.82 Å². The van der Waals surface area contributed by atoms with Gasteiger partial charge in [-0.05, 0) is 30.7 Å². The molecule has 0 saturated heterocycles. The fourth-order valence-electron chi connectivity index (χ4n) is 1.30. The molecule has 2 aromatic rings. The molecule has 0 spiro atoms. The summed E-state index contributed by atoms with van der Waals surface area (Å²) < 4.78 is 14.5. The molecule has 0 aliphatic rings. The van der Waals surface area contributed by atoms with Crippen LogP contribution in [0.2, 0.25) is 0 Å². The molecule has 0 aliphatic carbocycles.